The van der Waals surface area contributed by atoms with Gasteiger partial charge in [-0.05, 0) is 47.9 Å². The van der Waals surface area contributed by atoms with Crippen LogP contribution in [0.25, 0.3) is 5.76 Å². The minimum atomic E-state index is -0.869. The molecule has 0 spiro atoms. The number of carbonyl (C=O) groups excluding carboxylic acids is 2. The Morgan fingerprint density at radius 2 is 1.79 bits per heavy atom. The number of nitrogens with zero attached hydrogens (tertiary/aromatic N) is 1. The summed E-state index contributed by atoms with van der Waals surface area (Å²) in [5.41, 5.74) is 1.47. The lowest BCUT2D eigenvalue weighted by Crippen LogP contribution is -3.05. The lowest BCUT2D eigenvalue weighted by molar-refractivity contribution is -0.858. The van der Waals surface area contributed by atoms with Crippen molar-refractivity contribution in [2.24, 2.45) is 0 Å². The van der Waals surface area contributed by atoms with E-state index in [-0.39, 0.29) is 17.1 Å². The van der Waals surface area contributed by atoms with Crippen LogP contribution < -0.4 is 19.5 Å². The Balaban J connectivity index is 2.15. The number of methoxy groups -OCH3 is 2. The van der Waals surface area contributed by atoms with Gasteiger partial charge in [0.2, 0.25) is 5.78 Å². The summed E-state index contributed by atoms with van der Waals surface area (Å²) in [6.45, 7) is 2.92. The molecule has 1 unspecified atom stereocenters. The first-order valence-electron chi connectivity index (χ1n) is 10.8. The maximum absolute atomic E-state index is 13.5. The van der Waals surface area contributed by atoms with E-state index in [9.17, 15) is 19.8 Å². The summed E-state index contributed by atoms with van der Waals surface area (Å²) >= 11 is 0. The minimum Gasteiger partial charge on any atom is -0.872 e. The molecule has 176 valence electrons. The summed E-state index contributed by atoms with van der Waals surface area (Å²) in [7, 11) is 6.97. The standard InChI is InChI=1S/C25H30N2O6/c1-15-13-17(8-10-19(15)32-4)23(29)21-22(16-7-9-18(28)20(14-16)33-5)27(25(31)24(21)30)12-6-11-26(2)3/h7-10,13-14,22,28-29H,6,11-12H2,1-5H3. The van der Waals surface area contributed by atoms with Gasteiger partial charge in [-0.25, -0.2) is 0 Å². The van der Waals surface area contributed by atoms with Gasteiger partial charge in [-0.2, -0.15) is 0 Å². The van der Waals surface area contributed by atoms with E-state index in [1.54, 1.807) is 44.4 Å². The summed E-state index contributed by atoms with van der Waals surface area (Å²) in [5.74, 6) is -1.26. The Labute approximate surface area is 193 Å². The van der Waals surface area contributed by atoms with E-state index in [1.165, 1.54) is 23.0 Å². The molecule has 0 saturated carbocycles. The number of carbonyl (C=O) groups is 2. The van der Waals surface area contributed by atoms with E-state index in [2.05, 4.69) is 0 Å². The van der Waals surface area contributed by atoms with E-state index in [1.807, 2.05) is 14.1 Å². The van der Waals surface area contributed by atoms with Crippen molar-refractivity contribution in [3.05, 3.63) is 58.7 Å². The van der Waals surface area contributed by atoms with Crippen LogP contribution in [0.3, 0.4) is 0 Å². The molecule has 0 aliphatic carbocycles. The van der Waals surface area contributed by atoms with Crippen molar-refractivity contribution < 1.29 is 34.2 Å². The van der Waals surface area contributed by atoms with Gasteiger partial charge in [-0.15, -0.1) is 0 Å². The number of phenols is 1. The van der Waals surface area contributed by atoms with Gasteiger partial charge in [-0.3, -0.25) is 9.59 Å². The Hall–Kier alpha value is -3.52. The third-order valence-corrected chi connectivity index (χ3v) is 5.78. The molecule has 2 aromatic rings. The first kappa shape index (κ1) is 24.1. The maximum Gasteiger partial charge on any atom is 0.295 e. The van der Waals surface area contributed by atoms with E-state index < -0.39 is 23.5 Å². The van der Waals surface area contributed by atoms with Crippen molar-refractivity contribution in [3.8, 4) is 17.2 Å². The van der Waals surface area contributed by atoms with Crippen LogP contribution in [0.5, 0.6) is 17.2 Å². The fourth-order valence-electron chi connectivity index (χ4n) is 4.09. The molecule has 0 radical (unpaired) electrons. The molecular formula is C25H30N2O6. The summed E-state index contributed by atoms with van der Waals surface area (Å²) in [4.78, 5) is 28.7. The van der Waals surface area contributed by atoms with Gasteiger partial charge >= 0.3 is 0 Å². The number of hydrogen-bond donors (Lipinski definition) is 2. The van der Waals surface area contributed by atoms with Crippen molar-refractivity contribution in [2.75, 3.05) is 41.4 Å². The largest absolute Gasteiger partial charge is 0.872 e. The van der Waals surface area contributed by atoms with Crippen molar-refractivity contribution in [1.29, 1.82) is 0 Å². The smallest absolute Gasteiger partial charge is 0.295 e. The van der Waals surface area contributed by atoms with E-state index in [0.717, 1.165) is 12.1 Å². The van der Waals surface area contributed by atoms with E-state index in [0.29, 0.717) is 29.8 Å². The van der Waals surface area contributed by atoms with Crippen molar-refractivity contribution in [2.45, 2.75) is 19.4 Å². The number of quaternary nitrogens is 1. The molecule has 1 fully saturated rings. The summed E-state index contributed by atoms with van der Waals surface area (Å²) < 4.78 is 10.5. The van der Waals surface area contributed by atoms with Crippen molar-refractivity contribution >= 4 is 17.4 Å². The summed E-state index contributed by atoms with van der Waals surface area (Å²) in [5, 5.41) is 23.5. The van der Waals surface area contributed by atoms with Gasteiger partial charge in [0.15, 0.2) is 11.5 Å². The van der Waals surface area contributed by atoms with Gasteiger partial charge in [0, 0.05) is 18.5 Å². The Morgan fingerprint density at radius 3 is 2.39 bits per heavy atom. The molecule has 1 heterocycles. The highest BCUT2D eigenvalue weighted by Crippen LogP contribution is 2.41. The fourth-order valence-corrected chi connectivity index (χ4v) is 4.09. The highest BCUT2D eigenvalue weighted by atomic mass is 16.5. The predicted octanol–water partition coefficient (Wildman–Crippen LogP) is 0.476. The van der Waals surface area contributed by atoms with Crippen LogP contribution in [-0.2, 0) is 9.59 Å². The van der Waals surface area contributed by atoms with Crippen LogP contribution in [0, 0.1) is 6.92 Å². The topological polar surface area (TPSA) is 104 Å². The van der Waals surface area contributed by atoms with Gasteiger partial charge in [0.1, 0.15) is 5.75 Å². The number of amides is 1. The SMILES string of the molecule is COc1ccc(C([O-])=C2C(=O)C(=O)N(CCC[NH+](C)C)C2c2ccc(O)c(OC)c2)cc1C. The Kier molecular flexibility index (Phi) is 7.28. The molecule has 33 heavy (non-hydrogen) atoms. The highest BCUT2D eigenvalue weighted by molar-refractivity contribution is 6.46. The zero-order valence-electron chi connectivity index (χ0n) is 19.6. The average molecular weight is 455 g/mol. The molecule has 3 rings (SSSR count). The quantitative estimate of drug-likeness (QED) is 0.342. The molecule has 1 aliphatic rings. The van der Waals surface area contributed by atoms with Crippen molar-refractivity contribution in [1.82, 2.24) is 4.90 Å². The van der Waals surface area contributed by atoms with E-state index >= 15 is 0 Å². The molecule has 0 bridgehead atoms. The molecular weight excluding hydrogens is 424 g/mol. The zero-order chi connectivity index (χ0) is 24.3. The minimum absolute atomic E-state index is 0.0710. The third-order valence-electron chi connectivity index (χ3n) is 5.78. The fraction of sp³-hybridized carbons (Fsp3) is 0.360. The van der Waals surface area contributed by atoms with Crippen LogP contribution in [-0.4, -0.2) is 63.1 Å². The number of ether oxygens (including phenoxy) is 2. The number of likely N-dealkylation sites (tertiary alicyclic amines) is 1. The third kappa shape index (κ3) is 4.80. The number of rotatable bonds is 8. The van der Waals surface area contributed by atoms with E-state index in [4.69, 9.17) is 9.47 Å². The Morgan fingerprint density at radius 1 is 1.09 bits per heavy atom. The van der Waals surface area contributed by atoms with Gasteiger partial charge in [-0.1, -0.05) is 17.9 Å². The molecule has 2 N–H and O–H groups in total. The second kappa shape index (κ2) is 9.95. The molecule has 1 aliphatic heterocycles. The molecule has 1 saturated heterocycles. The summed E-state index contributed by atoms with van der Waals surface area (Å²) in [6, 6.07) is 8.63. The van der Waals surface area contributed by atoms with Crippen LogP contribution >= 0.6 is 0 Å². The number of aryl methyl sites for hydroxylation is 1. The number of hydrogen-bond acceptors (Lipinski definition) is 6. The number of ketones is 1. The van der Waals surface area contributed by atoms with Gasteiger partial charge in [0.25, 0.3) is 5.91 Å². The number of phenolic OH excluding ortho intramolecular Hbond substituents is 1. The van der Waals surface area contributed by atoms with Crippen molar-refractivity contribution in [3.63, 3.8) is 0 Å². The zero-order valence-corrected chi connectivity index (χ0v) is 19.6. The molecule has 1 atom stereocenters. The average Bonchev–Trinajstić information content (AvgIpc) is 3.03. The first-order valence-corrected chi connectivity index (χ1v) is 10.8. The van der Waals surface area contributed by atoms with Crippen LogP contribution in [0.1, 0.15) is 29.2 Å². The Bertz CT molecular complexity index is 1090. The second-order valence-corrected chi connectivity index (χ2v) is 8.40. The molecule has 1 amide bonds. The van der Waals surface area contributed by atoms with Gasteiger partial charge in [0.05, 0.1) is 40.9 Å². The molecule has 8 nitrogen and oxygen atoms in total. The lowest BCUT2D eigenvalue weighted by atomic mass is 9.94. The van der Waals surface area contributed by atoms with Crippen LogP contribution in [0.4, 0.5) is 0 Å². The monoisotopic (exact) mass is 454 g/mol. The maximum atomic E-state index is 13.5. The normalized spacial score (nSPS) is 17.6. The number of aromatic hydroxyl groups is 1. The highest BCUT2D eigenvalue weighted by Gasteiger charge is 2.44. The number of nitrogens with one attached hydrogen (secondary N) is 1. The first-order chi connectivity index (χ1) is 15.7. The number of benzene rings is 2. The number of Topliss-reactive ketones (excluding diaryl/α,β-unsaturated/α-hetero) is 1. The molecule has 8 heteroatoms. The van der Waals surface area contributed by atoms with Crippen LogP contribution in [0.2, 0.25) is 0 Å². The van der Waals surface area contributed by atoms with Gasteiger partial charge < -0.3 is 29.5 Å². The van der Waals surface area contributed by atoms with Crippen LogP contribution in [0.15, 0.2) is 42.0 Å². The predicted molar refractivity (Wildman–Crippen MR) is 121 cm³/mol. The molecule has 0 aromatic heterocycles. The molecule has 2 aromatic carbocycles. The lowest BCUT2D eigenvalue weighted by Gasteiger charge is -2.28. The second-order valence-electron chi connectivity index (χ2n) is 8.40. The summed E-state index contributed by atoms with van der Waals surface area (Å²) in [6.07, 6.45) is 0.663.